The lowest BCUT2D eigenvalue weighted by molar-refractivity contribution is 0.174. The summed E-state index contributed by atoms with van der Waals surface area (Å²) in [6.07, 6.45) is 0.990. The second-order valence-corrected chi connectivity index (χ2v) is 7.20. The molecule has 0 atom stereocenters. The predicted octanol–water partition coefficient (Wildman–Crippen LogP) is 2.96. The van der Waals surface area contributed by atoms with Gasteiger partial charge in [-0.3, -0.25) is 9.88 Å². The topological polar surface area (TPSA) is 67.5 Å². The molecule has 0 bridgehead atoms. The number of ether oxygens (including phenoxy) is 1. The highest BCUT2D eigenvalue weighted by atomic mass is 16.5. The van der Waals surface area contributed by atoms with Crippen LogP contribution in [0.25, 0.3) is 10.9 Å². The van der Waals surface area contributed by atoms with Crippen molar-refractivity contribution in [2.24, 2.45) is 0 Å². The SMILES string of the molecule is CCc1c(C)nc2ccccc2c1N1CCN(Cc2nc(COC)no2)CC1. The fourth-order valence-corrected chi connectivity index (χ4v) is 4.00. The molecule has 1 saturated heterocycles. The van der Waals surface area contributed by atoms with Gasteiger partial charge in [0.2, 0.25) is 5.89 Å². The summed E-state index contributed by atoms with van der Waals surface area (Å²) in [5, 5.41) is 5.19. The Bertz CT molecular complexity index is 947. The monoisotopic (exact) mass is 381 g/mol. The lowest BCUT2D eigenvalue weighted by Crippen LogP contribution is -2.46. The Hall–Kier alpha value is -2.51. The maximum absolute atomic E-state index is 5.34. The molecule has 0 radical (unpaired) electrons. The molecule has 1 aliphatic heterocycles. The van der Waals surface area contributed by atoms with Gasteiger partial charge in [-0.2, -0.15) is 4.98 Å². The minimum absolute atomic E-state index is 0.380. The van der Waals surface area contributed by atoms with Crippen molar-refractivity contribution in [3.63, 3.8) is 0 Å². The van der Waals surface area contributed by atoms with E-state index in [4.69, 9.17) is 14.2 Å². The number of nitrogens with zero attached hydrogens (tertiary/aromatic N) is 5. The normalized spacial score (nSPS) is 15.5. The van der Waals surface area contributed by atoms with Crippen LogP contribution in [0.1, 0.15) is 29.9 Å². The van der Waals surface area contributed by atoms with Crippen LogP contribution in [0.5, 0.6) is 0 Å². The molecule has 1 aliphatic rings. The van der Waals surface area contributed by atoms with Gasteiger partial charge in [0.15, 0.2) is 5.82 Å². The molecule has 0 N–H and O–H groups in total. The van der Waals surface area contributed by atoms with Gasteiger partial charge < -0.3 is 14.2 Å². The number of anilines is 1. The minimum Gasteiger partial charge on any atom is -0.377 e. The molecule has 0 spiro atoms. The van der Waals surface area contributed by atoms with Crippen molar-refractivity contribution in [1.82, 2.24) is 20.0 Å². The van der Waals surface area contributed by atoms with Gasteiger partial charge in [0.1, 0.15) is 6.61 Å². The van der Waals surface area contributed by atoms with E-state index in [9.17, 15) is 0 Å². The molecule has 3 heterocycles. The lowest BCUT2D eigenvalue weighted by Gasteiger charge is -2.37. The van der Waals surface area contributed by atoms with Gasteiger partial charge in [-0.25, -0.2) is 0 Å². The van der Waals surface area contributed by atoms with Crippen LogP contribution >= 0.6 is 0 Å². The number of aryl methyl sites for hydroxylation is 1. The maximum atomic E-state index is 5.34. The zero-order chi connectivity index (χ0) is 19.5. The van der Waals surface area contributed by atoms with Crippen LogP contribution in [0.4, 0.5) is 5.69 Å². The first-order valence-electron chi connectivity index (χ1n) is 9.85. The summed E-state index contributed by atoms with van der Waals surface area (Å²) >= 11 is 0. The quantitative estimate of drug-likeness (QED) is 0.650. The van der Waals surface area contributed by atoms with Crippen molar-refractivity contribution in [3.05, 3.63) is 47.2 Å². The zero-order valence-electron chi connectivity index (χ0n) is 16.8. The molecular formula is C21H27N5O2. The number of hydrogen-bond acceptors (Lipinski definition) is 7. The standard InChI is InChI=1S/C21H27N5O2/c1-4-16-15(2)22-18-8-6-5-7-17(18)21(16)26-11-9-25(10-12-26)13-20-23-19(14-27-3)24-28-20/h5-8H,4,9-14H2,1-3H3. The molecule has 4 rings (SSSR count). The number of aromatic nitrogens is 3. The Morgan fingerprint density at radius 2 is 1.89 bits per heavy atom. The first-order chi connectivity index (χ1) is 13.7. The maximum Gasteiger partial charge on any atom is 0.240 e. The van der Waals surface area contributed by atoms with E-state index in [0.717, 1.165) is 43.8 Å². The largest absolute Gasteiger partial charge is 0.377 e. The summed E-state index contributed by atoms with van der Waals surface area (Å²) in [7, 11) is 1.63. The number of pyridine rings is 1. The average molecular weight is 381 g/mol. The van der Waals surface area contributed by atoms with Crippen LogP contribution in [-0.2, 0) is 24.3 Å². The van der Waals surface area contributed by atoms with Crippen molar-refractivity contribution in [1.29, 1.82) is 0 Å². The van der Waals surface area contributed by atoms with Gasteiger partial charge in [-0.05, 0) is 25.0 Å². The highest BCUT2D eigenvalue weighted by molar-refractivity contribution is 5.94. The number of piperazine rings is 1. The molecule has 28 heavy (non-hydrogen) atoms. The third-order valence-corrected chi connectivity index (χ3v) is 5.35. The Morgan fingerprint density at radius 3 is 2.64 bits per heavy atom. The van der Waals surface area contributed by atoms with Gasteiger partial charge in [0.25, 0.3) is 0 Å². The Morgan fingerprint density at radius 1 is 1.11 bits per heavy atom. The van der Waals surface area contributed by atoms with Crippen molar-refractivity contribution in [2.45, 2.75) is 33.4 Å². The summed E-state index contributed by atoms with van der Waals surface area (Å²) in [6.45, 7) is 9.26. The second kappa shape index (κ2) is 8.24. The van der Waals surface area contributed by atoms with Crippen LogP contribution in [0.15, 0.2) is 28.8 Å². The third kappa shape index (κ3) is 3.72. The van der Waals surface area contributed by atoms with Crippen LogP contribution in [-0.4, -0.2) is 53.3 Å². The van der Waals surface area contributed by atoms with E-state index in [-0.39, 0.29) is 0 Å². The molecular weight excluding hydrogens is 354 g/mol. The van der Waals surface area contributed by atoms with E-state index in [1.807, 2.05) is 0 Å². The summed E-state index contributed by atoms with van der Waals surface area (Å²) in [4.78, 5) is 14.1. The number of rotatable bonds is 6. The van der Waals surface area contributed by atoms with Crippen LogP contribution in [0, 0.1) is 6.92 Å². The molecule has 0 unspecified atom stereocenters. The van der Waals surface area contributed by atoms with E-state index in [0.29, 0.717) is 24.9 Å². The smallest absolute Gasteiger partial charge is 0.240 e. The lowest BCUT2D eigenvalue weighted by atomic mass is 10.0. The van der Waals surface area contributed by atoms with E-state index >= 15 is 0 Å². The van der Waals surface area contributed by atoms with Crippen LogP contribution in [0.3, 0.4) is 0 Å². The fraction of sp³-hybridized carbons (Fsp3) is 0.476. The third-order valence-electron chi connectivity index (χ3n) is 5.35. The number of para-hydroxylation sites is 1. The first-order valence-corrected chi connectivity index (χ1v) is 9.85. The Labute approximate surface area is 165 Å². The molecule has 148 valence electrons. The molecule has 1 aromatic carbocycles. The summed E-state index contributed by atoms with van der Waals surface area (Å²) in [6, 6.07) is 8.46. The molecule has 0 amide bonds. The molecule has 0 saturated carbocycles. The molecule has 2 aromatic heterocycles. The van der Waals surface area contributed by atoms with Gasteiger partial charge in [0.05, 0.1) is 17.7 Å². The molecule has 7 nitrogen and oxygen atoms in total. The number of benzene rings is 1. The van der Waals surface area contributed by atoms with Crippen LogP contribution in [0.2, 0.25) is 0 Å². The highest BCUT2D eigenvalue weighted by Crippen LogP contribution is 2.33. The second-order valence-electron chi connectivity index (χ2n) is 7.20. The predicted molar refractivity (Wildman–Crippen MR) is 108 cm³/mol. The average Bonchev–Trinajstić information content (AvgIpc) is 3.15. The van der Waals surface area contributed by atoms with Gasteiger partial charge in [0, 0.05) is 44.4 Å². The molecule has 0 aliphatic carbocycles. The van der Waals surface area contributed by atoms with E-state index in [2.05, 4.69) is 58.1 Å². The number of methoxy groups -OCH3 is 1. The van der Waals surface area contributed by atoms with E-state index in [1.165, 1.54) is 16.6 Å². The molecule has 3 aromatic rings. The van der Waals surface area contributed by atoms with Gasteiger partial charge in [-0.15, -0.1) is 0 Å². The van der Waals surface area contributed by atoms with Crippen molar-refractivity contribution >= 4 is 16.6 Å². The summed E-state index contributed by atoms with van der Waals surface area (Å²) in [5.74, 6) is 1.25. The molecule has 1 fully saturated rings. The van der Waals surface area contributed by atoms with Crippen LogP contribution < -0.4 is 4.90 Å². The van der Waals surface area contributed by atoms with Crippen molar-refractivity contribution < 1.29 is 9.26 Å². The fourth-order valence-electron chi connectivity index (χ4n) is 4.00. The number of fused-ring (bicyclic) bond motifs is 1. The summed E-state index contributed by atoms with van der Waals surface area (Å²) < 4.78 is 10.4. The Balaban J connectivity index is 1.50. The van der Waals surface area contributed by atoms with E-state index in [1.54, 1.807) is 7.11 Å². The van der Waals surface area contributed by atoms with Gasteiger partial charge in [-0.1, -0.05) is 30.3 Å². The Kier molecular flexibility index (Phi) is 5.54. The first kappa shape index (κ1) is 18.8. The molecule has 7 heteroatoms. The minimum atomic E-state index is 0.380. The van der Waals surface area contributed by atoms with Crippen molar-refractivity contribution in [2.75, 3.05) is 38.2 Å². The zero-order valence-corrected chi connectivity index (χ0v) is 16.8. The summed E-state index contributed by atoms with van der Waals surface area (Å²) in [5.41, 5.74) is 4.92. The number of hydrogen-bond donors (Lipinski definition) is 0. The van der Waals surface area contributed by atoms with Gasteiger partial charge >= 0.3 is 0 Å². The van der Waals surface area contributed by atoms with Crippen molar-refractivity contribution in [3.8, 4) is 0 Å². The highest BCUT2D eigenvalue weighted by Gasteiger charge is 2.23. The van der Waals surface area contributed by atoms with E-state index < -0.39 is 0 Å².